The third-order valence-corrected chi connectivity index (χ3v) is 4.96. The SMILES string of the molecule is CN1CCN(c2cc(CNc3cccc4c(N)nccc34)ccn2)CC1. The molecule has 1 aromatic carbocycles. The summed E-state index contributed by atoms with van der Waals surface area (Å²) < 4.78 is 0. The first-order valence-corrected chi connectivity index (χ1v) is 8.96. The van der Waals surface area contributed by atoms with E-state index in [0.29, 0.717) is 5.82 Å². The van der Waals surface area contributed by atoms with E-state index >= 15 is 0 Å². The predicted molar refractivity (Wildman–Crippen MR) is 107 cm³/mol. The Labute approximate surface area is 153 Å². The fraction of sp³-hybridized carbons (Fsp3) is 0.300. The number of fused-ring (bicyclic) bond motifs is 1. The maximum Gasteiger partial charge on any atom is 0.131 e. The minimum Gasteiger partial charge on any atom is -0.383 e. The molecule has 1 saturated heterocycles. The minimum atomic E-state index is 0.562. The van der Waals surface area contributed by atoms with Gasteiger partial charge in [-0.2, -0.15) is 0 Å². The molecule has 26 heavy (non-hydrogen) atoms. The number of rotatable bonds is 4. The summed E-state index contributed by atoms with van der Waals surface area (Å²) >= 11 is 0. The van der Waals surface area contributed by atoms with Gasteiger partial charge >= 0.3 is 0 Å². The van der Waals surface area contributed by atoms with Gasteiger partial charge < -0.3 is 20.9 Å². The smallest absolute Gasteiger partial charge is 0.131 e. The lowest BCUT2D eigenvalue weighted by atomic mass is 10.1. The molecule has 6 heteroatoms. The lowest BCUT2D eigenvalue weighted by Crippen LogP contribution is -2.44. The van der Waals surface area contributed by atoms with Crippen LogP contribution in [0.4, 0.5) is 17.3 Å². The van der Waals surface area contributed by atoms with E-state index in [1.807, 2.05) is 24.4 Å². The van der Waals surface area contributed by atoms with E-state index in [2.05, 4.69) is 50.3 Å². The summed E-state index contributed by atoms with van der Waals surface area (Å²) in [5, 5.41) is 5.60. The second kappa shape index (κ2) is 7.17. The van der Waals surface area contributed by atoms with E-state index < -0.39 is 0 Å². The van der Waals surface area contributed by atoms with Gasteiger partial charge in [-0.05, 0) is 36.9 Å². The third-order valence-electron chi connectivity index (χ3n) is 4.96. The van der Waals surface area contributed by atoms with Gasteiger partial charge in [-0.15, -0.1) is 0 Å². The molecule has 3 aromatic rings. The third kappa shape index (κ3) is 3.41. The standard InChI is InChI=1S/C20H24N6/c1-25-9-11-26(12-10-25)19-13-15(5-7-22-19)14-24-18-4-2-3-17-16(18)6-8-23-20(17)21/h2-8,13,24H,9-12,14H2,1H3,(H2,21,23). The van der Waals surface area contributed by atoms with Crippen LogP contribution in [0, 0.1) is 0 Å². The Bertz CT molecular complexity index is 902. The van der Waals surface area contributed by atoms with Gasteiger partial charge in [-0.1, -0.05) is 12.1 Å². The quantitative estimate of drug-likeness (QED) is 0.755. The number of anilines is 3. The maximum absolute atomic E-state index is 5.99. The van der Waals surface area contributed by atoms with Gasteiger partial charge in [0.15, 0.2) is 0 Å². The highest BCUT2D eigenvalue weighted by atomic mass is 15.3. The summed E-state index contributed by atoms with van der Waals surface area (Å²) in [6, 6.07) is 12.3. The molecular weight excluding hydrogens is 324 g/mol. The number of nitrogens with zero attached hydrogens (tertiary/aromatic N) is 4. The first kappa shape index (κ1) is 16.6. The number of nitrogen functional groups attached to an aromatic ring is 1. The number of aromatic nitrogens is 2. The number of pyridine rings is 2. The van der Waals surface area contributed by atoms with Crippen LogP contribution >= 0.6 is 0 Å². The second-order valence-electron chi connectivity index (χ2n) is 6.76. The van der Waals surface area contributed by atoms with E-state index in [1.165, 1.54) is 5.56 Å². The summed E-state index contributed by atoms with van der Waals surface area (Å²) in [4.78, 5) is 13.4. The van der Waals surface area contributed by atoms with Gasteiger partial charge in [0.1, 0.15) is 11.6 Å². The summed E-state index contributed by atoms with van der Waals surface area (Å²) in [5.41, 5.74) is 8.27. The Balaban J connectivity index is 1.50. The zero-order chi connectivity index (χ0) is 17.9. The lowest BCUT2D eigenvalue weighted by Gasteiger charge is -2.33. The number of nitrogens with two attached hydrogens (primary N) is 1. The van der Waals surface area contributed by atoms with Crippen LogP contribution in [0.25, 0.3) is 10.8 Å². The molecule has 134 valence electrons. The molecular formula is C20H24N6. The molecule has 4 rings (SSSR count). The Kier molecular flexibility index (Phi) is 4.58. The van der Waals surface area contributed by atoms with Crippen molar-refractivity contribution in [2.45, 2.75) is 6.54 Å². The Morgan fingerprint density at radius 2 is 1.81 bits per heavy atom. The molecule has 3 N–H and O–H groups in total. The van der Waals surface area contributed by atoms with Crippen LogP contribution in [0.15, 0.2) is 48.8 Å². The van der Waals surface area contributed by atoms with E-state index in [0.717, 1.165) is 55.0 Å². The van der Waals surface area contributed by atoms with Crippen LogP contribution in [0.1, 0.15) is 5.56 Å². The molecule has 1 aliphatic heterocycles. The van der Waals surface area contributed by atoms with Crippen molar-refractivity contribution in [2.75, 3.05) is 49.2 Å². The maximum atomic E-state index is 5.99. The van der Waals surface area contributed by atoms with Crippen LogP contribution in [0.2, 0.25) is 0 Å². The van der Waals surface area contributed by atoms with Crippen molar-refractivity contribution in [1.82, 2.24) is 14.9 Å². The molecule has 2 aromatic heterocycles. The summed E-state index contributed by atoms with van der Waals surface area (Å²) in [6.45, 7) is 4.95. The zero-order valence-corrected chi connectivity index (χ0v) is 15.0. The molecule has 6 nitrogen and oxygen atoms in total. The Morgan fingerprint density at radius 3 is 2.65 bits per heavy atom. The van der Waals surface area contributed by atoms with Crippen LogP contribution in [0.3, 0.4) is 0 Å². The Hall–Kier alpha value is -2.86. The van der Waals surface area contributed by atoms with Crippen molar-refractivity contribution < 1.29 is 0 Å². The summed E-state index contributed by atoms with van der Waals surface area (Å²) in [6.07, 6.45) is 3.65. The van der Waals surface area contributed by atoms with Crippen LogP contribution in [-0.4, -0.2) is 48.1 Å². The molecule has 0 saturated carbocycles. The van der Waals surface area contributed by atoms with Gasteiger partial charge in [0.05, 0.1) is 0 Å². The number of hydrogen-bond donors (Lipinski definition) is 2. The molecule has 0 aliphatic carbocycles. The number of benzene rings is 1. The van der Waals surface area contributed by atoms with Crippen LogP contribution in [-0.2, 0) is 6.54 Å². The van der Waals surface area contributed by atoms with Crippen molar-refractivity contribution >= 4 is 28.1 Å². The van der Waals surface area contributed by atoms with Crippen LogP contribution in [0.5, 0.6) is 0 Å². The highest BCUT2D eigenvalue weighted by Gasteiger charge is 2.15. The highest BCUT2D eigenvalue weighted by molar-refractivity contribution is 5.99. The monoisotopic (exact) mass is 348 g/mol. The highest BCUT2D eigenvalue weighted by Crippen LogP contribution is 2.26. The number of hydrogen-bond acceptors (Lipinski definition) is 6. The number of nitrogens with one attached hydrogen (secondary N) is 1. The van der Waals surface area contributed by atoms with Gasteiger partial charge in [0.25, 0.3) is 0 Å². The first-order chi connectivity index (χ1) is 12.7. The number of piperazine rings is 1. The zero-order valence-electron chi connectivity index (χ0n) is 15.0. The normalized spacial score (nSPS) is 15.3. The van der Waals surface area contributed by atoms with Crippen LogP contribution < -0.4 is 16.0 Å². The van der Waals surface area contributed by atoms with Gasteiger partial charge in [-0.3, -0.25) is 0 Å². The average molecular weight is 348 g/mol. The molecule has 0 atom stereocenters. The molecule has 0 bridgehead atoms. The van der Waals surface area contributed by atoms with E-state index in [-0.39, 0.29) is 0 Å². The van der Waals surface area contributed by atoms with Gasteiger partial charge in [0, 0.05) is 61.6 Å². The average Bonchev–Trinajstić information content (AvgIpc) is 2.68. The lowest BCUT2D eigenvalue weighted by molar-refractivity contribution is 0.312. The van der Waals surface area contributed by atoms with E-state index in [4.69, 9.17) is 5.73 Å². The molecule has 0 unspecified atom stereocenters. The van der Waals surface area contributed by atoms with Crippen molar-refractivity contribution in [1.29, 1.82) is 0 Å². The van der Waals surface area contributed by atoms with Gasteiger partial charge in [-0.25, -0.2) is 9.97 Å². The molecule has 0 amide bonds. The largest absolute Gasteiger partial charge is 0.383 e. The van der Waals surface area contributed by atoms with Crippen molar-refractivity contribution in [3.05, 3.63) is 54.4 Å². The topological polar surface area (TPSA) is 70.3 Å². The predicted octanol–water partition coefficient (Wildman–Crippen LogP) is 2.58. The van der Waals surface area contributed by atoms with E-state index in [1.54, 1.807) is 6.20 Å². The second-order valence-corrected chi connectivity index (χ2v) is 6.76. The van der Waals surface area contributed by atoms with E-state index in [9.17, 15) is 0 Å². The Morgan fingerprint density at radius 1 is 1.00 bits per heavy atom. The fourth-order valence-electron chi connectivity index (χ4n) is 3.36. The first-order valence-electron chi connectivity index (χ1n) is 8.96. The van der Waals surface area contributed by atoms with Gasteiger partial charge in [0.2, 0.25) is 0 Å². The minimum absolute atomic E-state index is 0.562. The van der Waals surface area contributed by atoms with Crippen molar-refractivity contribution in [2.24, 2.45) is 0 Å². The molecule has 1 aliphatic rings. The van der Waals surface area contributed by atoms with Crippen molar-refractivity contribution in [3.8, 4) is 0 Å². The fourth-order valence-corrected chi connectivity index (χ4v) is 3.36. The molecule has 0 spiro atoms. The van der Waals surface area contributed by atoms with Crippen molar-refractivity contribution in [3.63, 3.8) is 0 Å². The summed E-state index contributed by atoms with van der Waals surface area (Å²) in [5.74, 6) is 1.62. The number of likely N-dealkylation sites (N-methyl/N-ethyl adjacent to an activating group) is 1. The molecule has 3 heterocycles. The summed E-state index contributed by atoms with van der Waals surface area (Å²) in [7, 11) is 2.16. The molecule has 0 radical (unpaired) electrons. The molecule has 1 fully saturated rings.